The Bertz CT molecular complexity index is 505. The Morgan fingerprint density at radius 2 is 2.10 bits per heavy atom. The SMILES string of the molecule is Cc1cc(C(=O)NC(C)C2CCCNC2)c(F)cc1F.Cl. The van der Waals surface area contributed by atoms with Crippen molar-refractivity contribution in [3.8, 4) is 0 Å². The maximum atomic E-state index is 13.7. The number of carbonyl (C=O) groups is 1. The van der Waals surface area contributed by atoms with Gasteiger partial charge in [0.2, 0.25) is 0 Å². The van der Waals surface area contributed by atoms with Crippen LogP contribution in [0.1, 0.15) is 35.7 Å². The topological polar surface area (TPSA) is 41.1 Å². The Morgan fingerprint density at radius 3 is 2.71 bits per heavy atom. The highest BCUT2D eigenvalue weighted by Gasteiger charge is 2.23. The highest BCUT2D eigenvalue weighted by Crippen LogP contribution is 2.17. The number of piperidine rings is 1. The van der Waals surface area contributed by atoms with Crippen molar-refractivity contribution in [3.63, 3.8) is 0 Å². The summed E-state index contributed by atoms with van der Waals surface area (Å²) in [6.45, 7) is 5.29. The van der Waals surface area contributed by atoms with E-state index in [0.29, 0.717) is 5.92 Å². The molecule has 1 fully saturated rings. The highest BCUT2D eigenvalue weighted by molar-refractivity contribution is 5.94. The van der Waals surface area contributed by atoms with Gasteiger partial charge in [0.15, 0.2) is 0 Å². The van der Waals surface area contributed by atoms with E-state index in [9.17, 15) is 13.6 Å². The molecule has 3 nitrogen and oxygen atoms in total. The second-order valence-electron chi connectivity index (χ2n) is 5.45. The summed E-state index contributed by atoms with van der Waals surface area (Å²) in [6, 6.07) is 1.98. The number of nitrogens with one attached hydrogen (secondary N) is 2. The quantitative estimate of drug-likeness (QED) is 0.900. The van der Waals surface area contributed by atoms with Gasteiger partial charge in [-0.2, -0.15) is 0 Å². The Hall–Kier alpha value is -1.20. The Morgan fingerprint density at radius 1 is 1.38 bits per heavy atom. The molecular formula is C15H21ClF2N2O. The number of rotatable bonds is 3. The fraction of sp³-hybridized carbons (Fsp3) is 0.533. The summed E-state index contributed by atoms with van der Waals surface area (Å²) in [5, 5.41) is 6.09. The van der Waals surface area contributed by atoms with Crippen molar-refractivity contribution < 1.29 is 13.6 Å². The van der Waals surface area contributed by atoms with Gasteiger partial charge < -0.3 is 10.6 Å². The molecule has 2 N–H and O–H groups in total. The summed E-state index contributed by atoms with van der Waals surface area (Å²) in [4.78, 5) is 12.1. The largest absolute Gasteiger partial charge is 0.349 e. The maximum absolute atomic E-state index is 13.7. The van der Waals surface area contributed by atoms with Crippen LogP contribution in [0.3, 0.4) is 0 Å². The van der Waals surface area contributed by atoms with Gasteiger partial charge in [-0.3, -0.25) is 4.79 Å². The molecule has 6 heteroatoms. The standard InChI is InChI=1S/C15H20F2N2O.ClH/c1-9-6-12(14(17)7-13(9)16)15(20)19-10(2)11-4-3-5-18-8-11;/h6-7,10-11,18H,3-5,8H2,1-2H3,(H,19,20);1H. The van der Waals surface area contributed by atoms with Crippen LogP contribution in [0.5, 0.6) is 0 Å². The maximum Gasteiger partial charge on any atom is 0.254 e. The monoisotopic (exact) mass is 318 g/mol. The summed E-state index contributed by atoms with van der Waals surface area (Å²) in [5.41, 5.74) is 0.169. The normalized spacial score (nSPS) is 19.5. The lowest BCUT2D eigenvalue weighted by molar-refractivity contribution is 0.0917. The highest BCUT2D eigenvalue weighted by atomic mass is 35.5. The molecule has 1 aliphatic rings. The van der Waals surface area contributed by atoms with Gasteiger partial charge in [-0.15, -0.1) is 12.4 Å². The number of amides is 1. The number of benzene rings is 1. The van der Waals surface area contributed by atoms with Crippen LogP contribution in [-0.4, -0.2) is 25.0 Å². The van der Waals surface area contributed by atoms with Gasteiger partial charge in [-0.05, 0) is 57.3 Å². The van der Waals surface area contributed by atoms with E-state index in [1.54, 1.807) is 0 Å². The molecule has 1 amide bonds. The minimum atomic E-state index is -0.820. The van der Waals surface area contributed by atoms with Gasteiger partial charge in [0.25, 0.3) is 5.91 Å². The molecule has 1 aromatic rings. The third-order valence-electron chi connectivity index (χ3n) is 3.89. The molecule has 0 aliphatic carbocycles. The summed E-state index contributed by atoms with van der Waals surface area (Å²) >= 11 is 0. The van der Waals surface area contributed by atoms with E-state index in [1.165, 1.54) is 13.0 Å². The van der Waals surface area contributed by atoms with E-state index >= 15 is 0 Å². The van der Waals surface area contributed by atoms with Crippen LogP contribution in [0.15, 0.2) is 12.1 Å². The molecule has 1 aromatic carbocycles. The van der Waals surface area contributed by atoms with Crippen LogP contribution in [0, 0.1) is 24.5 Å². The number of halogens is 3. The molecule has 2 atom stereocenters. The second kappa shape index (κ2) is 7.71. The summed E-state index contributed by atoms with van der Waals surface area (Å²) in [6.07, 6.45) is 2.12. The van der Waals surface area contributed by atoms with Crippen LogP contribution < -0.4 is 10.6 Å². The fourth-order valence-electron chi connectivity index (χ4n) is 2.54. The molecule has 1 heterocycles. The third kappa shape index (κ3) is 4.38. The lowest BCUT2D eigenvalue weighted by Crippen LogP contribution is -2.44. The minimum absolute atomic E-state index is 0. The predicted molar refractivity (Wildman–Crippen MR) is 80.9 cm³/mol. The van der Waals surface area contributed by atoms with Gasteiger partial charge in [0.05, 0.1) is 5.56 Å². The molecule has 1 aliphatic heterocycles. The van der Waals surface area contributed by atoms with Gasteiger partial charge in [-0.25, -0.2) is 8.78 Å². The zero-order valence-corrected chi connectivity index (χ0v) is 13.0. The van der Waals surface area contributed by atoms with Gasteiger partial charge in [0.1, 0.15) is 11.6 Å². The van der Waals surface area contributed by atoms with E-state index in [4.69, 9.17) is 0 Å². The molecule has 21 heavy (non-hydrogen) atoms. The van der Waals surface area contributed by atoms with E-state index in [2.05, 4.69) is 10.6 Å². The van der Waals surface area contributed by atoms with Crippen molar-refractivity contribution in [1.82, 2.24) is 10.6 Å². The Kier molecular flexibility index (Phi) is 6.55. The summed E-state index contributed by atoms with van der Waals surface area (Å²) in [7, 11) is 0. The van der Waals surface area contributed by atoms with Crippen molar-refractivity contribution >= 4 is 18.3 Å². The lowest BCUT2D eigenvalue weighted by Gasteiger charge is -2.29. The molecule has 0 aromatic heterocycles. The van der Waals surface area contributed by atoms with Crippen molar-refractivity contribution in [3.05, 3.63) is 34.9 Å². The number of aryl methyl sites for hydroxylation is 1. The molecular weight excluding hydrogens is 298 g/mol. The first-order valence-electron chi connectivity index (χ1n) is 6.96. The molecule has 0 spiro atoms. The Labute approximate surface area is 129 Å². The van der Waals surface area contributed by atoms with Crippen LogP contribution in [-0.2, 0) is 0 Å². The van der Waals surface area contributed by atoms with E-state index in [1.807, 2.05) is 6.92 Å². The predicted octanol–water partition coefficient (Wildman–Crippen LogP) is 2.81. The van der Waals surface area contributed by atoms with Gasteiger partial charge >= 0.3 is 0 Å². The molecule has 118 valence electrons. The molecule has 0 radical (unpaired) electrons. The number of carbonyl (C=O) groups excluding carboxylic acids is 1. The van der Waals surface area contributed by atoms with Crippen molar-refractivity contribution in [2.45, 2.75) is 32.7 Å². The van der Waals surface area contributed by atoms with Crippen LogP contribution in [0.2, 0.25) is 0 Å². The van der Waals surface area contributed by atoms with E-state index < -0.39 is 17.5 Å². The first-order valence-corrected chi connectivity index (χ1v) is 6.96. The molecule has 1 saturated heterocycles. The molecule has 0 bridgehead atoms. The smallest absolute Gasteiger partial charge is 0.254 e. The van der Waals surface area contributed by atoms with Crippen LogP contribution in [0.25, 0.3) is 0 Å². The lowest BCUT2D eigenvalue weighted by atomic mass is 9.92. The average Bonchev–Trinajstić information content (AvgIpc) is 2.43. The van der Waals surface area contributed by atoms with E-state index in [0.717, 1.165) is 32.0 Å². The fourth-order valence-corrected chi connectivity index (χ4v) is 2.54. The first-order chi connectivity index (χ1) is 9.49. The van der Waals surface area contributed by atoms with Crippen LogP contribution >= 0.6 is 12.4 Å². The summed E-state index contributed by atoms with van der Waals surface area (Å²) < 4.78 is 26.9. The molecule has 2 rings (SSSR count). The number of hydrogen-bond donors (Lipinski definition) is 2. The number of hydrogen-bond acceptors (Lipinski definition) is 2. The average molecular weight is 319 g/mol. The third-order valence-corrected chi connectivity index (χ3v) is 3.89. The van der Waals surface area contributed by atoms with Gasteiger partial charge in [-0.1, -0.05) is 0 Å². The zero-order chi connectivity index (χ0) is 14.7. The van der Waals surface area contributed by atoms with Crippen molar-refractivity contribution in [1.29, 1.82) is 0 Å². The van der Waals surface area contributed by atoms with Crippen molar-refractivity contribution in [2.75, 3.05) is 13.1 Å². The van der Waals surface area contributed by atoms with E-state index in [-0.39, 0.29) is 29.6 Å². The van der Waals surface area contributed by atoms with Gasteiger partial charge in [0, 0.05) is 12.1 Å². The first kappa shape index (κ1) is 17.9. The minimum Gasteiger partial charge on any atom is -0.349 e. The Balaban J connectivity index is 0.00000220. The molecule has 0 saturated carbocycles. The summed E-state index contributed by atoms with van der Waals surface area (Å²) in [5.74, 6) is -1.59. The van der Waals surface area contributed by atoms with Crippen LogP contribution in [0.4, 0.5) is 8.78 Å². The molecule has 2 unspecified atom stereocenters. The second-order valence-corrected chi connectivity index (χ2v) is 5.45. The zero-order valence-electron chi connectivity index (χ0n) is 12.2. The van der Waals surface area contributed by atoms with Crippen molar-refractivity contribution in [2.24, 2.45) is 5.92 Å².